The number of unbranched alkanes of at least 4 members (excludes halogenated alkanes) is 12. The van der Waals surface area contributed by atoms with Gasteiger partial charge in [-0.2, -0.15) is 0 Å². The molecule has 1 atom stereocenters. The van der Waals surface area contributed by atoms with Crippen molar-refractivity contribution in [2.75, 3.05) is 6.54 Å². The minimum Gasteiger partial charge on any atom is -0.330 e. The molecule has 0 aromatic rings. The molecule has 0 saturated carbocycles. The minimum atomic E-state index is 0.780. The average Bonchev–Trinajstić information content (AvgIpc) is 2.48. The van der Waals surface area contributed by atoms with Crippen LogP contribution in [0.25, 0.3) is 0 Å². The third-order valence-electron chi connectivity index (χ3n) is 4.63. The van der Waals surface area contributed by atoms with Crippen LogP contribution in [0.2, 0.25) is 0 Å². The predicted molar refractivity (Wildman–Crippen MR) is 93.1 cm³/mol. The van der Waals surface area contributed by atoms with Crippen LogP contribution in [0.5, 0.6) is 0 Å². The van der Waals surface area contributed by atoms with Crippen molar-refractivity contribution in [2.24, 2.45) is 11.7 Å². The van der Waals surface area contributed by atoms with Gasteiger partial charge in [-0.15, -0.1) is 0 Å². The standard InChI is InChI=1S/C19H41N/c1-3-5-6-7-8-9-10-11-12-13-14-15-16-17-19(4-2)18-20/h19H,3-18,20H2,1-2H3. The van der Waals surface area contributed by atoms with Gasteiger partial charge in [0.25, 0.3) is 0 Å². The van der Waals surface area contributed by atoms with Crippen LogP contribution in [-0.2, 0) is 0 Å². The Kier molecular flexibility index (Phi) is 17.0. The molecule has 0 aliphatic heterocycles. The molecule has 1 heteroatoms. The molecule has 1 nitrogen and oxygen atoms in total. The molecule has 0 rings (SSSR count). The van der Waals surface area contributed by atoms with Gasteiger partial charge in [0, 0.05) is 0 Å². The Morgan fingerprint density at radius 2 is 1.00 bits per heavy atom. The van der Waals surface area contributed by atoms with E-state index in [9.17, 15) is 0 Å². The highest BCUT2D eigenvalue weighted by molar-refractivity contribution is 4.58. The first-order valence-electron chi connectivity index (χ1n) is 9.55. The molecule has 2 N–H and O–H groups in total. The zero-order valence-corrected chi connectivity index (χ0v) is 14.5. The molecule has 0 amide bonds. The minimum absolute atomic E-state index is 0.780. The van der Waals surface area contributed by atoms with Crippen molar-refractivity contribution in [2.45, 2.75) is 110 Å². The summed E-state index contributed by atoms with van der Waals surface area (Å²) in [5.74, 6) is 0.780. The number of hydrogen-bond donors (Lipinski definition) is 1. The van der Waals surface area contributed by atoms with E-state index in [1.54, 1.807) is 0 Å². The van der Waals surface area contributed by atoms with E-state index in [1.165, 1.54) is 96.3 Å². The first-order valence-corrected chi connectivity index (χ1v) is 9.55. The molecule has 0 bridgehead atoms. The number of hydrogen-bond acceptors (Lipinski definition) is 1. The molecule has 0 aliphatic rings. The highest BCUT2D eigenvalue weighted by Crippen LogP contribution is 2.15. The van der Waals surface area contributed by atoms with E-state index < -0.39 is 0 Å². The van der Waals surface area contributed by atoms with Gasteiger partial charge in [0.15, 0.2) is 0 Å². The van der Waals surface area contributed by atoms with Crippen LogP contribution in [-0.4, -0.2) is 6.54 Å². The fraction of sp³-hybridized carbons (Fsp3) is 1.00. The summed E-state index contributed by atoms with van der Waals surface area (Å²) in [4.78, 5) is 0. The second kappa shape index (κ2) is 17.0. The molecule has 20 heavy (non-hydrogen) atoms. The van der Waals surface area contributed by atoms with E-state index in [4.69, 9.17) is 5.73 Å². The van der Waals surface area contributed by atoms with Crippen molar-refractivity contribution in [3.05, 3.63) is 0 Å². The van der Waals surface area contributed by atoms with Gasteiger partial charge in [0.2, 0.25) is 0 Å². The zero-order valence-electron chi connectivity index (χ0n) is 14.5. The molecule has 0 aliphatic carbocycles. The van der Waals surface area contributed by atoms with E-state index in [-0.39, 0.29) is 0 Å². The third kappa shape index (κ3) is 14.4. The molecular weight excluding hydrogens is 242 g/mol. The topological polar surface area (TPSA) is 26.0 Å². The van der Waals surface area contributed by atoms with Crippen molar-refractivity contribution in [3.8, 4) is 0 Å². The predicted octanol–water partition coefficient (Wildman–Crippen LogP) is 6.45. The molecule has 1 unspecified atom stereocenters. The van der Waals surface area contributed by atoms with Crippen LogP contribution >= 0.6 is 0 Å². The van der Waals surface area contributed by atoms with Crippen molar-refractivity contribution < 1.29 is 0 Å². The Labute approximate surface area is 129 Å². The molecule has 0 saturated heterocycles. The lowest BCUT2D eigenvalue weighted by Crippen LogP contribution is -2.13. The summed E-state index contributed by atoms with van der Waals surface area (Å²) in [6, 6.07) is 0. The van der Waals surface area contributed by atoms with Crippen LogP contribution in [0.15, 0.2) is 0 Å². The SMILES string of the molecule is CCCCCCCCCCCCCCCC(CC)CN. The summed E-state index contributed by atoms with van der Waals surface area (Å²) < 4.78 is 0. The second-order valence-corrected chi connectivity index (χ2v) is 6.54. The first kappa shape index (κ1) is 20.0. The lowest BCUT2D eigenvalue weighted by molar-refractivity contribution is 0.445. The maximum absolute atomic E-state index is 5.73. The van der Waals surface area contributed by atoms with E-state index in [2.05, 4.69) is 13.8 Å². The highest BCUT2D eigenvalue weighted by atomic mass is 14.5. The summed E-state index contributed by atoms with van der Waals surface area (Å²) in [6.07, 6.45) is 21.4. The van der Waals surface area contributed by atoms with Gasteiger partial charge in [0.1, 0.15) is 0 Å². The average molecular weight is 284 g/mol. The van der Waals surface area contributed by atoms with Crippen molar-refractivity contribution >= 4 is 0 Å². The fourth-order valence-corrected chi connectivity index (χ4v) is 2.94. The molecule has 0 spiro atoms. The first-order chi connectivity index (χ1) is 9.85. The lowest BCUT2D eigenvalue weighted by Gasteiger charge is -2.11. The molecular formula is C19H41N. The summed E-state index contributed by atoms with van der Waals surface area (Å²) >= 11 is 0. The highest BCUT2D eigenvalue weighted by Gasteiger charge is 2.02. The molecule has 0 aromatic heterocycles. The van der Waals surface area contributed by atoms with Gasteiger partial charge in [-0.05, 0) is 18.9 Å². The normalized spacial score (nSPS) is 12.8. The maximum atomic E-state index is 5.73. The zero-order chi connectivity index (χ0) is 14.9. The van der Waals surface area contributed by atoms with Crippen LogP contribution in [0.1, 0.15) is 110 Å². The summed E-state index contributed by atoms with van der Waals surface area (Å²) in [6.45, 7) is 5.44. The van der Waals surface area contributed by atoms with Crippen LogP contribution in [0, 0.1) is 5.92 Å². The third-order valence-corrected chi connectivity index (χ3v) is 4.63. The van der Waals surface area contributed by atoms with Crippen LogP contribution < -0.4 is 5.73 Å². The molecule has 0 heterocycles. The summed E-state index contributed by atoms with van der Waals surface area (Å²) in [7, 11) is 0. The summed E-state index contributed by atoms with van der Waals surface area (Å²) in [5, 5.41) is 0. The second-order valence-electron chi connectivity index (χ2n) is 6.54. The lowest BCUT2D eigenvalue weighted by atomic mass is 9.98. The molecule has 0 aromatic carbocycles. The largest absolute Gasteiger partial charge is 0.330 e. The van der Waals surface area contributed by atoms with Crippen LogP contribution in [0.4, 0.5) is 0 Å². The smallest absolute Gasteiger partial charge is 0.00490 e. The van der Waals surface area contributed by atoms with Gasteiger partial charge in [0.05, 0.1) is 0 Å². The number of nitrogens with two attached hydrogens (primary N) is 1. The van der Waals surface area contributed by atoms with E-state index >= 15 is 0 Å². The Morgan fingerprint density at radius 3 is 1.35 bits per heavy atom. The van der Waals surface area contributed by atoms with E-state index in [0.29, 0.717) is 0 Å². The monoisotopic (exact) mass is 283 g/mol. The van der Waals surface area contributed by atoms with Crippen molar-refractivity contribution in [3.63, 3.8) is 0 Å². The van der Waals surface area contributed by atoms with Gasteiger partial charge in [-0.1, -0.05) is 104 Å². The Balaban J connectivity index is 3.02. The van der Waals surface area contributed by atoms with Gasteiger partial charge >= 0.3 is 0 Å². The van der Waals surface area contributed by atoms with Gasteiger partial charge in [-0.3, -0.25) is 0 Å². The number of rotatable bonds is 16. The molecule has 122 valence electrons. The molecule has 0 radical (unpaired) electrons. The molecule has 0 fully saturated rings. The maximum Gasteiger partial charge on any atom is -0.00490 e. The van der Waals surface area contributed by atoms with Gasteiger partial charge in [-0.25, -0.2) is 0 Å². The van der Waals surface area contributed by atoms with Gasteiger partial charge < -0.3 is 5.73 Å². The Hall–Kier alpha value is -0.0400. The van der Waals surface area contributed by atoms with Crippen molar-refractivity contribution in [1.29, 1.82) is 0 Å². The Bertz CT molecular complexity index is 163. The van der Waals surface area contributed by atoms with E-state index in [1.807, 2.05) is 0 Å². The summed E-state index contributed by atoms with van der Waals surface area (Å²) in [5.41, 5.74) is 5.73. The fourth-order valence-electron chi connectivity index (χ4n) is 2.94. The quantitative estimate of drug-likeness (QED) is 0.323. The van der Waals surface area contributed by atoms with Crippen molar-refractivity contribution in [1.82, 2.24) is 0 Å². The van der Waals surface area contributed by atoms with E-state index in [0.717, 1.165) is 12.5 Å². The van der Waals surface area contributed by atoms with Crippen LogP contribution in [0.3, 0.4) is 0 Å². The Morgan fingerprint density at radius 1 is 0.600 bits per heavy atom.